The molecule has 17 atom stereocenters. The van der Waals surface area contributed by atoms with Crippen molar-refractivity contribution in [2.75, 3.05) is 19.8 Å². The van der Waals surface area contributed by atoms with Gasteiger partial charge >= 0.3 is 5.97 Å². The van der Waals surface area contributed by atoms with Crippen molar-refractivity contribution in [2.45, 2.75) is 132 Å². The van der Waals surface area contributed by atoms with Crippen molar-refractivity contribution in [1.29, 1.82) is 0 Å². The van der Waals surface area contributed by atoms with Crippen LogP contribution in [0.15, 0.2) is 0 Å². The summed E-state index contributed by atoms with van der Waals surface area (Å²) in [4.78, 5) is 47.9. The number of rotatable bonds is 14. The van der Waals surface area contributed by atoms with E-state index < -0.39 is 148 Å². The van der Waals surface area contributed by atoms with Crippen LogP contribution in [-0.4, -0.2) is 188 Å². The van der Waals surface area contributed by atoms with E-state index in [0.29, 0.717) is 0 Å². The fraction of sp³-hybridized carbons (Fsp3) is 0.857. The molecule has 3 fully saturated rings. The molecule has 0 radical (unpaired) electrons. The first-order valence-electron chi connectivity index (χ1n) is 15.7. The first-order valence-corrected chi connectivity index (χ1v) is 15.7. The van der Waals surface area contributed by atoms with E-state index in [9.17, 15) is 60.0 Å². The van der Waals surface area contributed by atoms with Crippen LogP contribution in [0.25, 0.3) is 0 Å². The third kappa shape index (κ3) is 10.0. The number of amides is 3. The fourth-order valence-corrected chi connectivity index (χ4v) is 5.76. The van der Waals surface area contributed by atoms with Gasteiger partial charge in [0.05, 0.1) is 25.9 Å². The molecule has 0 aromatic heterocycles. The molecule has 0 aromatic carbocycles. The van der Waals surface area contributed by atoms with Crippen LogP contribution in [0.4, 0.5) is 0 Å². The van der Waals surface area contributed by atoms with Crippen LogP contribution in [-0.2, 0) is 47.6 Å². The number of aliphatic hydroxyl groups is 7. The molecule has 3 rings (SSSR count). The van der Waals surface area contributed by atoms with E-state index in [1.54, 1.807) is 0 Å². The minimum Gasteiger partial charge on any atom is -0.480 e. The van der Waals surface area contributed by atoms with E-state index >= 15 is 0 Å². The van der Waals surface area contributed by atoms with Crippen molar-refractivity contribution in [3.8, 4) is 0 Å². The van der Waals surface area contributed by atoms with Crippen molar-refractivity contribution in [2.24, 2.45) is 5.73 Å². The smallest absolute Gasteiger partial charge is 0.323 e. The minimum atomic E-state index is -1.83. The molecular weight excluding hydrogens is 680 g/mol. The van der Waals surface area contributed by atoms with E-state index in [-0.39, 0.29) is 0 Å². The summed E-state index contributed by atoms with van der Waals surface area (Å²) in [5.41, 5.74) is 5.73. The Morgan fingerprint density at radius 2 is 1.12 bits per heavy atom. The summed E-state index contributed by atoms with van der Waals surface area (Å²) in [5, 5.41) is 89.9. The molecule has 50 heavy (non-hydrogen) atoms. The molecular formula is C28H48N4O18. The number of hydrogen-bond acceptors (Lipinski definition) is 18. The molecule has 0 saturated carbocycles. The van der Waals surface area contributed by atoms with Gasteiger partial charge in [-0.2, -0.15) is 0 Å². The Hall–Kier alpha value is -2.68. The topological polar surface area (TPSA) is 348 Å². The highest BCUT2D eigenvalue weighted by atomic mass is 16.7. The van der Waals surface area contributed by atoms with Gasteiger partial charge in [-0.15, -0.1) is 0 Å². The van der Waals surface area contributed by atoms with Crippen molar-refractivity contribution >= 4 is 23.7 Å². The number of carbonyl (C=O) groups excluding carboxylic acids is 3. The molecule has 3 saturated heterocycles. The Labute approximate surface area is 285 Å². The van der Waals surface area contributed by atoms with E-state index in [2.05, 4.69) is 16.0 Å². The fourth-order valence-electron chi connectivity index (χ4n) is 5.76. The second kappa shape index (κ2) is 18.2. The van der Waals surface area contributed by atoms with E-state index in [4.69, 9.17) is 34.2 Å². The van der Waals surface area contributed by atoms with Crippen molar-refractivity contribution in [3.63, 3.8) is 0 Å². The highest BCUT2D eigenvalue weighted by Gasteiger charge is 2.53. The molecule has 0 aliphatic carbocycles. The average Bonchev–Trinajstić information content (AvgIpc) is 3.04. The highest BCUT2D eigenvalue weighted by Crippen LogP contribution is 2.32. The van der Waals surface area contributed by atoms with Gasteiger partial charge in [0.25, 0.3) is 0 Å². The summed E-state index contributed by atoms with van der Waals surface area (Å²) in [6, 6.07) is -5.98. The summed E-state index contributed by atoms with van der Waals surface area (Å²) < 4.78 is 34.8. The van der Waals surface area contributed by atoms with Gasteiger partial charge in [0.15, 0.2) is 18.9 Å². The SMILES string of the molecule is CC(=O)NC1C(OCC2OC(OC(C)C(N)C(=O)O)C(NC(C)=O)C(OC3OC(CO)C(O)C(O)C3NC(C)=O)C2O)OC(CO)C(O)C1O. The second-order valence-corrected chi connectivity index (χ2v) is 12.3. The number of nitrogens with two attached hydrogens (primary N) is 1. The molecule has 0 aromatic rings. The zero-order valence-electron chi connectivity index (χ0n) is 27.7. The molecule has 17 unspecified atom stereocenters. The molecule has 288 valence electrons. The monoisotopic (exact) mass is 728 g/mol. The van der Waals surface area contributed by atoms with Gasteiger partial charge in [0.2, 0.25) is 17.7 Å². The number of aliphatic carboxylic acids is 1. The van der Waals surface area contributed by atoms with Crippen LogP contribution in [0.2, 0.25) is 0 Å². The summed E-state index contributed by atoms with van der Waals surface area (Å²) in [6.07, 6.45) is -20.8. The maximum Gasteiger partial charge on any atom is 0.323 e. The van der Waals surface area contributed by atoms with Crippen molar-refractivity contribution in [3.05, 3.63) is 0 Å². The van der Waals surface area contributed by atoms with Gasteiger partial charge in [-0.05, 0) is 6.92 Å². The highest BCUT2D eigenvalue weighted by molar-refractivity contribution is 5.74. The van der Waals surface area contributed by atoms with Crippen LogP contribution < -0.4 is 21.7 Å². The molecule has 22 heteroatoms. The normalized spacial score (nSPS) is 40.3. The lowest BCUT2D eigenvalue weighted by Gasteiger charge is -2.49. The molecule has 22 nitrogen and oxygen atoms in total. The largest absolute Gasteiger partial charge is 0.480 e. The lowest BCUT2D eigenvalue weighted by atomic mass is 9.94. The summed E-state index contributed by atoms with van der Waals surface area (Å²) in [7, 11) is 0. The Morgan fingerprint density at radius 3 is 1.58 bits per heavy atom. The molecule has 0 bridgehead atoms. The number of carboxylic acids is 1. The number of aliphatic hydroxyl groups excluding tert-OH is 7. The van der Waals surface area contributed by atoms with E-state index in [1.807, 2.05) is 0 Å². The number of ether oxygens (including phenoxy) is 6. The van der Waals surface area contributed by atoms with Crippen LogP contribution in [0.5, 0.6) is 0 Å². The molecule has 3 aliphatic rings. The Morgan fingerprint density at radius 1 is 0.680 bits per heavy atom. The van der Waals surface area contributed by atoms with Crippen LogP contribution >= 0.6 is 0 Å². The first-order chi connectivity index (χ1) is 23.4. The lowest BCUT2D eigenvalue weighted by molar-refractivity contribution is -0.339. The van der Waals surface area contributed by atoms with Crippen LogP contribution in [0, 0.1) is 0 Å². The predicted molar refractivity (Wildman–Crippen MR) is 160 cm³/mol. The van der Waals surface area contributed by atoms with E-state index in [1.165, 1.54) is 6.92 Å². The summed E-state index contributed by atoms with van der Waals surface area (Å²) in [6.45, 7) is 2.37. The van der Waals surface area contributed by atoms with Crippen LogP contribution in [0.3, 0.4) is 0 Å². The van der Waals surface area contributed by atoms with Gasteiger partial charge in [0.1, 0.15) is 79.1 Å². The molecule has 13 N–H and O–H groups in total. The number of carbonyl (C=O) groups is 4. The van der Waals surface area contributed by atoms with Gasteiger partial charge in [-0.1, -0.05) is 0 Å². The zero-order chi connectivity index (χ0) is 37.6. The third-order valence-electron chi connectivity index (χ3n) is 8.40. The second-order valence-electron chi connectivity index (χ2n) is 12.3. The number of hydrogen-bond donors (Lipinski definition) is 12. The maximum atomic E-state index is 12.4. The Kier molecular flexibility index (Phi) is 15.2. The summed E-state index contributed by atoms with van der Waals surface area (Å²) in [5.74, 6) is -3.49. The standard InChI is InChI=1S/C28H48N4O18/c1-8(15(29)25(43)44)46-28-18(32-11(4)37)24(50-27-17(31-10(3)36)23(42)20(39)13(6-34)48-27)21(40)14(49-28)7-45-26-16(30-9(2)35)22(41)19(38)12(5-33)47-26/h8,12-24,26-28,33-34,38-42H,5-7,29H2,1-4H3,(H,30,35)(H,31,36)(H,32,37)(H,43,44). The summed E-state index contributed by atoms with van der Waals surface area (Å²) >= 11 is 0. The predicted octanol–water partition coefficient (Wildman–Crippen LogP) is -7.32. The van der Waals surface area contributed by atoms with Crippen LogP contribution in [0.1, 0.15) is 27.7 Å². The van der Waals surface area contributed by atoms with Crippen molar-refractivity contribution < 1.29 is 88.5 Å². The molecule has 3 aliphatic heterocycles. The number of carboxylic acid groups (broad SMARTS) is 1. The third-order valence-corrected chi connectivity index (χ3v) is 8.40. The van der Waals surface area contributed by atoms with Gasteiger partial charge in [-0.25, -0.2) is 0 Å². The first kappa shape index (κ1) is 41.7. The molecule has 3 heterocycles. The number of nitrogens with one attached hydrogen (secondary N) is 3. The molecule has 3 amide bonds. The quantitative estimate of drug-likeness (QED) is 0.0790. The van der Waals surface area contributed by atoms with E-state index in [0.717, 1.165) is 20.8 Å². The van der Waals surface area contributed by atoms with Gasteiger partial charge < -0.3 is 91.0 Å². The minimum absolute atomic E-state index is 0.645. The van der Waals surface area contributed by atoms with Gasteiger partial charge in [-0.3, -0.25) is 19.2 Å². The maximum absolute atomic E-state index is 12.4. The lowest BCUT2D eigenvalue weighted by Crippen LogP contribution is -2.70. The zero-order valence-corrected chi connectivity index (χ0v) is 27.7. The Bertz CT molecular complexity index is 1170. The van der Waals surface area contributed by atoms with Crippen molar-refractivity contribution in [1.82, 2.24) is 16.0 Å². The molecule has 0 spiro atoms. The Balaban J connectivity index is 2.00. The average molecular weight is 729 g/mol. The van der Waals surface area contributed by atoms with Gasteiger partial charge in [0, 0.05) is 20.8 Å².